The molecule has 0 heterocycles. The topological polar surface area (TPSA) is 105 Å². The highest BCUT2D eigenvalue weighted by atomic mass is 35.5. The van der Waals surface area contributed by atoms with Gasteiger partial charge in [-0.2, -0.15) is 0 Å². The Bertz CT molecular complexity index is 1910. The molecule has 0 aliphatic carbocycles. The molecule has 246 valence electrons. The van der Waals surface area contributed by atoms with Gasteiger partial charge in [0, 0.05) is 23.8 Å². The highest BCUT2D eigenvalue weighted by Gasteiger charge is 2.32. The predicted molar refractivity (Wildman–Crippen MR) is 183 cm³/mol. The van der Waals surface area contributed by atoms with E-state index in [1.807, 2.05) is 48.5 Å². The Morgan fingerprint density at radius 1 is 0.771 bits per heavy atom. The van der Waals surface area contributed by atoms with Crippen LogP contribution >= 0.6 is 11.6 Å². The summed E-state index contributed by atoms with van der Waals surface area (Å²) in [6.07, 6.45) is 0.619. The van der Waals surface area contributed by atoms with Crippen molar-refractivity contribution in [3.8, 4) is 5.75 Å². The maximum Gasteiger partial charge on any atom is 0.261 e. The summed E-state index contributed by atoms with van der Waals surface area (Å²) in [6, 6.07) is 35.3. The van der Waals surface area contributed by atoms with Gasteiger partial charge in [-0.15, -0.1) is 0 Å². The van der Waals surface area contributed by atoms with Crippen LogP contribution in [0, 0.1) is 5.82 Å². The molecule has 48 heavy (non-hydrogen) atoms. The fraction of sp³-hybridized carbons (Fsp3) is 0.135. The number of hydrogen-bond acceptors (Lipinski definition) is 5. The minimum atomic E-state index is -3.96. The number of amides is 2. The monoisotopic (exact) mass is 685 g/mol. The van der Waals surface area contributed by atoms with E-state index >= 15 is 0 Å². The molecule has 2 N–H and O–H groups in total. The van der Waals surface area contributed by atoms with Gasteiger partial charge in [0.05, 0.1) is 4.90 Å². The molecule has 11 heteroatoms. The van der Waals surface area contributed by atoms with Gasteiger partial charge in [-0.1, -0.05) is 84.4 Å². The Hall–Kier alpha value is -5.19. The van der Waals surface area contributed by atoms with Crippen LogP contribution in [0.5, 0.6) is 5.75 Å². The summed E-state index contributed by atoms with van der Waals surface area (Å²) in [5.74, 6) is -1.05. The van der Waals surface area contributed by atoms with Crippen LogP contribution in [0.15, 0.2) is 138 Å². The van der Waals surface area contributed by atoms with E-state index in [1.165, 1.54) is 41.3 Å². The van der Waals surface area contributed by atoms with Crippen LogP contribution in [0.1, 0.15) is 22.7 Å². The van der Waals surface area contributed by atoms with Gasteiger partial charge in [0.1, 0.15) is 17.6 Å². The molecular formula is C37H33ClFN3O5S. The van der Waals surface area contributed by atoms with Crippen molar-refractivity contribution in [1.29, 1.82) is 0 Å². The van der Waals surface area contributed by atoms with E-state index in [0.717, 1.165) is 23.3 Å². The first-order valence-electron chi connectivity index (χ1n) is 15.1. The molecule has 0 fully saturated rings. The largest absolute Gasteiger partial charge is 0.484 e. The lowest BCUT2D eigenvalue weighted by atomic mass is 10.0. The van der Waals surface area contributed by atoms with Crippen molar-refractivity contribution >= 4 is 39.1 Å². The lowest BCUT2D eigenvalue weighted by Crippen LogP contribution is -2.45. The zero-order chi connectivity index (χ0) is 33.9. The summed E-state index contributed by atoms with van der Waals surface area (Å²) >= 11 is 6.11. The molecule has 0 aliphatic heterocycles. The molecule has 5 aromatic carbocycles. The van der Waals surface area contributed by atoms with Gasteiger partial charge in [-0.3, -0.25) is 14.3 Å². The Morgan fingerprint density at radius 2 is 1.40 bits per heavy atom. The second-order valence-corrected chi connectivity index (χ2v) is 13.0. The Labute approximate surface area is 284 Å². The number of carbonyl (C=O) groups is 2. The fourth-order valence-corrected chi connectivity index (χ4v) is 6.15. The number of hydrogen-bond donors (Lipinski definition) is 2. The van der Waals surface area contributed by atoms with Crippen LogP contribution < -0.4 is 14.8 Å². The Balaban J connectivity index is 1.33. The van der Waals surface area contributed by atoms with E-state index in [-0.39, 0.29) is 28.8 Å². The third-order valence-corrected chi connectivity index (χ3v) is 9.06. The lowest BCUT2D eigenvalue weighted by molar-refractivity contribution is -0.143. The van der Waals surface area contributed by atoms with Crippen LogP contribution in [0.3, 0.4) is 0 Å². The predicted octanol–water partition coefficient (Wildman–Crippen LogP) is 6.79. The van der Waals surface area contributed by atoms with Crippen molar-refractivity contribution in [2.75, 3.05) is 17.9 Å². The minimum Gasteiger partial charge on any atom is -0.484 e. The SMILES string of the molecule is O=C(NCCc1ccccc1)C(c1ccccc1)N(Cc1ccc(Cl)cc1)C(=O)COc1ccc(S(=O)(=O)Nc2ccc(F)cc2)cc1. The molecule has 5 rings (SSSR count). The average molecular weight is 686 g/mol. The van der Waals surface area contributed by atoms with Crippen LogP contribution in [0.4, 0.5) is 10.1 Å². The highest BCUT2D eigenvalue weighted by Crippen LogP contribution is 2.26. The number of nitrogens with one attached hydrogen (secondary N) is 2. The second-order valence-electron chi connectivity index (χ2n) is 10.9. The van der Waals surface area contributed by atoms with Crippen LogP contribution in [0.2, 0.25) is 5.02 Å². The molecule has 1 atom stereocenters. The normalized spacial score (nSPS) is 11.7. The number of halogens is 2. The first kappa shape index (κ1) is 34.2. The van der Waals surface area contributed by atoms with E-state index in [2.05, 4.69) is 10.0 Å². The van der Waals surface area contributed by atoms with Crippen molar-refractivity contribution in [3.63, 3.8) is 0 Å². The standard InChI is InChI=1S/C37H33ClFN3O5S/c38-30-13-11-28(12-14-30)25-42(36(29-9-5-2-6-10-29)37(44)40-24-23-27-7-3-1-4-8-27)35(43)26-47-33-19-21-34(22-20-33)48(45,46)41-32-17-15-31(39)16-18-32/h1-22,36,41H,23-26H2,(H,40,44). The molecule has 0 aromatic heterocycles. The number of rotatable bonds is 14. The number of ether oxygens (including phenoxy) is 1. The molecule has 1 unspecified atom stereocenters. The molecule has 0 spiro atoms. The van der Waals surface area contributed by atoms with Gasteiger partial charge in [-0.25, -0.2) is 12.8 Å². The van der Waals surface area contributed by atoms with Gasteiger partial charge in [0.25, 0.3) is 15.9 Å². The maximum atomic E-state index is 13.9. The summed E-state index contributed by atoms with van der Waals surface area (Å²) in [7, 11) is -3.96. The molecule has 0 saturated heterocycles. The Morgan fingerprint density at radius 3 is 2.04 bits per heavy atom. The molecule has 0 radical (unpaired) electrons. The molecule has 0 aliphatic rings. The molecule has 0 saturated carbocycles. The number of nitrogens with zero attached hydrogens (tertiary/aromatic N) is 1. The van der Waals surface area contributed by atoms with Gasteiger partial charge in [0.2, 0.25) is 5.91 Å². The van der Waals surface area contributed by atoms with E-state index in [4.69, 9.17) is 16.3 Å². The van der Waals surface area contributed by atoms with Gasteiger partial charge >= 0.3 is 0 Å². The zero-order valence-electron chi connectivity index (χ0n) is 25.8. The minimum absolute atomic E-state index is 0.0498. The molecule has 5 aromatic rings. The van der Waals surface area contributed by atoms with E-state index in [1.54, 1.807) is 36.4 Å². The third-order valence-electron chi connectivity index (χ3n) is 7.41. The van der Waals surface area contributed by atoms with Crippen molar-refractivity contribution < 1.29 is 27.1 Å². The fourth-order valence-electron chi connectivity index (χ4n) is 4.96. The van der Waals surface area contributed by atoms with Crippen molar-refractivity contribution in [3.05, 3.63) is 161 Å². The smallest absolute Gasteiger partial charge is 0.261 e. The van der Waals surface area contributed by atoms with Crippen molar-refractivity contribution in [1.82, 2.24) is 10.2 Å². The van der Waals surface area contributed by atoms with Crippen LogP contribution in [-0.2, 0) is 32.6 Å². The lowest BCUT2D eigenvalue weighted by Gasteiger charge is -2.31. The Kier molecular flexibility index (Phi) is 11.4. The second kappa shape index (κ2) is 16.1. The number of carbonyl (C=O) groups excluding carboxylic acids is 2. The van der Waals surface area contributed by atoms with Crippen LogP contribution in [-0.4, -0.2) is 38.3 Å². The summed E-state index contributed by atoms with van der Waals surface area (Å²) in [5, 5.41) is 3.54. The molecule has 0 bridgehead atoms. The van der Waals surface area contributed by atoms with Crippen molar-refractivity contribution in [2.45, 2.75) is 23.9 Å². The highest BCUT2D eigenvalue weighted by molar-refractivity contribution is 7.92. The third kappa shape index (κ3) is 9.43. The summed E-state index contributed by atoms with van der Waals surface area (Å²) in [4.78, 5) is 29.2. The average Bonchev–Trinajstić information content (AvgIpc) is 3.10. The van der Waals surface area contributed by atoms with Gasteiger partial charge in [-0.05, 0) is 83.8 Å². The summed E-state index contributed by atoms with van der Waals surface area (Å²) in [5.41, 5.74) is 2.66. The maximum absolute atomic E-state index is 13.9. The number of sulfonamides is 1. The zero-order valence-corrected chi connectivity index (χ0v) is 27.3. The quantitative estimate of drug-likeness (QED) is 0.134. The van der Waals surface area contributed by atoms with Crippen molar-refractivity contribution in [2.24, 2.45) is 0 Å². The number of anilines is 1. The van der Waals surface area contributed by atoms with E-state index in [0.29, 0.717) is 23.6 Å². The van der Waals surface area contributed by atoms with E-state index < -0.39 is 34.4 Å². The molecule has 2 amide bonds. The first-order valence-corrected chi connectivity index (χ1v) is 17.0. The summed E-state index contributed by atoms with van der Waals surface area (Å²) < 4.78 is 47.1. The van der Waals surface area contributed by atoms with Gasteiger partial charge < -0.3 is 15.0 Å². The summed E-state index contributed by atoms with van der Waals surface area (Å²) in [6.45, 7) is 0.0440. The van der Waals surface area contributed by atoms with Crippen LogP contribution in [0.25, 0.3) is 0 Å². The number of benzene rings is 5. The molecule has 8 nitrogen and oxygen atoms in total. The first-order chi connectivity index (χ1) is 23.2. The van der Waals surface area contributed by atoms with E-state index in [9.17, 15) is 22.4 Å². The molecular weight excluding hydrogens is 653 g/mol. The van der Waals surface area contributed by atoms with Gasteiger partial charge in [0.15, 0.2) is 6.61 Å².